The van der Waals surface area contributed by atoms with Crippen molar-refractivity contribution >= 4 is 29.5 Å². The lowest BCUT2D eigenvalue weighted by molar-refractivity contribution is -0.132. The maximum atomic E-state index is 12.5. The first-order chi connectivity index (χ1) is 11.3. The van der Waals surface area contributed by atoms with Gasteiger partial charge < -0.3 is 27.2 Å². The highest BCUT2D eigenvalue weighted by molar-refractivity contribution is 8.00. The molecule has 0 radical (unpaired) electrons. The van der Waals surface area contributed by atoms with E-state index >= 15 is 0 Å². The molecule has 0 aliphatic carbocycles. The van der Waals surface area contributed by atoms with Gasteiger partial charge in [-0.15, -0.1) is 0 Å². The number of carbonyl (C=O) groups is 3. The minimum Gasteiger partial charge on any atom is -0.391 e. The quantitative estimate of drug-likeness (QED) is 0.361. The van der Waals surface area contributed by atoms with Crippen molar-refractivity contribution in [3.05, 3.63) is 0 Å². The van der Waals surface area contributed by atoms with E-state index in [4.69, 9.17) is 11.5 Å². The van der Waals surface area contributed by atoms with Gasteiger partial charge in [-0.2, -0.15) is 11.8 Å². The summed E-state index contributed by atoms with van der Waals surface area (Å²) in [6.45, 7) is 10.9. The van der Waals surface area contributed by atoms with E-state index < -0.39 is 42.0 Å². The molecule has 0 fully saturated rings. The lowest BCUT2D eigenvalue weighted by Crippen LogP contribution is -2.59. The fourth-order valence-electron chi connectivity index (χ4n) is 1.77. The number of primary amides is 1. The molecule has 0 aliphatic rings. The summed E-state index contributed by atoms with van der Waals surface area (Å²) in [6, 6.07) is -2.88. The summed E-state index contributed by atoms with van der Waals surface area (Å²) < 4.78 is -0.128. The molecular formula is C16H32N4O4S. The van der Waals surface area contributed by atoms with Crippen molar-refractivity contribution in [2.75, 3.05) is 5.75 Å². The molecule has 7 N–H and O–H groups in total. The van der Waals surface area contributed by atoms with Gasteiger partial charge in [0, 0.05) is 10.5 Å². The normalized spacial score (nSPS) is 16.7. The molecule has 0 aromatic carbocycles. The number of thioether (sulfide) groups is 1. The van der Waals surface area contributed by atoms with Gasteiger partial charge in [-0.25, -0.2) is 0 Å². The van der Waals surface area contributed by atoms with Gasteiger partial charge in [0.15, 0.2) is 0 Å². The molecule has 8 nitrogen and oxygen atoms in total. The summed E-state index contributed by atoms with van der Waals surface area (Å²) in [6.07, 6.45) is -1.15. The van der Waals surface area contributed by atoms with Crippen LogP contribution in [0, 0.1) is 5.92 Å². The molecule has 0 saturated heterocycles. The summed E-state index contributed by atoms with van der Waals surface area (Å²) in [5.74, 6) is -1.69. The number of nitrogens with two attached hydrogens (primary N) is 2. The highest BCUT2D eigenvalue weighted by atomic mass is 32.2. The number of nitrogens with one attached hydrogen (secondary N) is 2. The highest BCUT2D eigenvalue weighted by Gasteiger charge is 2.30. The standard InChI is InChI=1S/C16H32N4O4S/c1-8(2)11(17)15(24)19-10(7-25-16(4,5)6)14(23)20-12(9(3)21)13(18)22/h8-12,21H,7,17H2,1-6H3,(H2,18,22)(H,19,24)(H,20,23). The van der Waals surface area contributed by atoms with Crippen molar-refractivity contribution in [3.8, 4) is 0 Å². The first-order valence-corrected chi connectivity index (χ1v) is 9.22. The fourth-order valence-corrected chi connectivity index (χ4v) is 2.67. The Balaban J connectivity index is 5.19. The van der Waals surface area contributed by atoms with E-state index in [-0.39, 0.29) is 16.4 Å². The Hall–Kier alpha value is -1.32. The Bertz CT molecular complexity index is 477. The molecule has 0 saturated carbocycles. The summed E-state index contributed by atoms with van der Waals surface area (Å²) in [7, 11) is 0. The van der Waals surface area contributed by atoms with Gasteiger partial charge >= 0.3 is 0 Å². The van der Waals surface area contributed by atoms with Crippen molar-refractivity contribution in [2.24, 2.45) is 17.4 Å². The van der Waals surface area contributed by atoms with Crippen LogP contribution in [0.15, 0.2) is 0 Å². The second-order valence-corrected chi connectivity index (χ2v) is 9.23. The van der Waals surface area contributed by atoms with Gasteiger partial charge in [0.2, 0.25) is 17.7 Å². The number of aliphatic hydroxyl groups is 1. The lowest BCUT2D eigenvalue weighted by atomic mass is 10.0. The van der Waals surface area contributed by atoms with E-state index in [9.17, 15) is 19.5 Å². The van der Waals surface area contributed by atoms with Gasteiger partial charge in [0.25, 0.3) is 0 Å². The Morgan fingerprint density at radius 2 is 1.60 bits per heavy atom. The van der Waals surface area contributed by atoms with Crippen LogP contribution in [0.3, 0.4) is 0 Å². The zero-order valence-electron chi connectivity index (χ0n) is 15.8. The number of rotatable bonds is 9. The molecule has 0 spiro atoms. The topological polar surface area (TPSA) is 148 Å². The molecule has 4 unspecified atom stereocenters. The SMILES string of the molecule is CC(C)C(N)C(=O)NC(CSC(C)(C)C)C(=O)NC(C(N)=O)C(C)O. The monoisotopic (exact) mass is 376 g/mol. The largest absolute Gasteiger partial charge is 0.391 e. The molecule has 4 atom stereocenters. The number of amides is 3. The maximum absolute atomic E-state index is 12.5. The number of carbonyl (C=O) groups excluding carboxylic acids is 3. The van der Waals surface area contributed by atoms with E-state index in [1.807, 2.05) is 20.8 Å². The molecule has 25 heavy (non-hydrogen) atoms. The van der Waals surface area contributed by atoms with Gasteiger partial charge in [-0.05, 0) is 12.8 Å². The first kappa shape index (κ1) is 23.7. The van der Waals surface area contributed by atoms with E-state index in [2.05, 4.69) is 10.6 Å². The summed E-state index contributed by atoms with van der Waals surface area (Å²) in [5.41, 5.74) is 11.0. The third kappa shape index (κ3) is 9.08. The van der Waals surface area contributed by atoms with Crippen molar-refractivity contribution in [1.29, 1.82) is 0 Å². The third-order valence-corrected chi connectivity index (χ3v) is 4.79. The zero-order chi connectivity index (χ0) is 19.9. The third-order valence-electron chi connectivity index (χ3n) is 3.42. The molecule has 3 amide bonds. The van der Waals surface area contributed by atoms with Crippen LogP contribution in [0.1, 0.15) is 41.5 Å². The Kier molecular flexibility index (Phi) is 9.45. The van der Waals surface area contributed by atoms with E-state index in [1.165, 1.54) is 18.7 Å². The van der Waals surface area contributed by atoms with Crippen molar-refractivity contribution < 1.29 is 19.5 Å². The Labute approximate surface area is 153 Å². The van der Waals surface area contributed by atoms with Crippen molar-refractivity contribution in [1.82, 2.24) is 10.6 Å². The van der Waals surface area contributed by atoms with Crippen LogP contribution in [0.2, 0.25) is 0 Å². The second kappa shape index (κ2) is 9.98. The molecule has 0 rings (SSSR count). The van der Waals surface area contributed by atoms with Gasteiger partial charge in [0.05, 0.1) is 12.1 Å². The molecule has 0 bridgehead atoms. The van der Waals surface area contributed by atoms with Crippen LogP contribution < -0.4 is 22.1 Å². The zero-order valence-corrected chi connectivity index (χ0v) is 16.6. The number of aliphatic hydroxyl groups excluding tert-OH is 1. The average molecular weight is 377 g/mol. The molecule has 9 heteroatoms. The maximum Gasteiger partial charge on any atom is 0.244 e. The van der Waals surface area contributed by atoms with Crippen LogP contribution in [-0.4, -0.2) is 57.6 Å². The van der Waals surface area contributed by atoms with Crippen molar-refractivity contribution in [3.63, 3.8) is 0 Å². The Morgan fingerprint density at radius 3 is 1.96 bits per heavy atom. The lowest BCUT2D eigenvalue weighted by Gasteiger charge is -2.27. The van der Waals surface area contributed by atoms with Crippen LogP contribution in [0.4, 0.5) is 0 Å². The molecule has 0 heterocycles. The Morgan fingerprint density at radius 1 is 1.08 bits per heavy atom. The van der Waals surface area contributed by atoms with Crippen LogP contribution >= 0.6 is 11.8 Å². The van der Waals surface area contributed by atoms with Crippen LogP contribution in [-0.2, 0) is 14.4 Å². The summed E-state index contributed by atoms with van der Waals surface area (Å²) in [4.78, 5) is 36.1. The molecule has 0 aromatic heterocycles. The second-order valence-electron chi connectivity index (χ2n) is 7.38. The summed E-state index contributed by atoms with van der Waals surface area (Å²) >= 11 is 1.48. The fraction of sp³-hybridized carbons (Fsp3) is 0.812. The van der Waals surface area contributed by atoms with E-state index in [0.717, 1.165) is 0 Å². The predicted octanol–water partition coefficient (Wildman–Crippen LogP) is -0.663. The first-order valence-electron chi connectivity index (χ1n) is 8.24. The number of hydrogen-bond acceptors (Lipinski definition) is 6. The minimum atomic E-state index is -1.23. The van der Waals surface area contributed by atoms with Gasteiger partial charge in [-0.3, -0.25) is 14.4 Å². The molecule has 0 aliphatic heterocycles. The summed E-state index contributed by atoms with van der Waals surface area (Å²) in [5, 5.41) is 14.6. The molecular weight excluding hydrogens is 344 g/mol. The van der Waals surface area contributed by atoms with Gasteiger partial charge in [-0.1, -0.05) is 34.6 Å². The van der Waals surface area contributed by atoms with E-state index in [1.54, 1.807) is 13.8 Å². The predicted molar refractivity (Wildman–Crippen MR) is 99.8 cm³/mol. The smallest absolute Gasteiger partial charge is 0.244 e. The van der Waals surface area contributed by atoms with Crippen LogP contribution in [0.25, 0.3) is 0 Å². The molecule has 146 valence electrons. The molecule has 0 aromatic rings. The number of hydrogen-bond donors (Lipinski definition) is 5. The van der Waals surface area contributed by atoms with Crippen LogP contribution in [0.5, 0.6) is 0 Å². The van der Waals surface area contributed by atoms with E-state index in [0.29, 0.717) is 0 Å². The highest BCUT2D eigenvalue weighted by Crippen LogP contribution is 2.23. The van der Waals surface area contributed by atoms with Crippen molar-refractivity contribution in [2.45, 2.75) is 70.5 Å². The van der Waals surface area contributed by atoms with Gasteiger partial charge in [0.1, 0.15) is 12.1 Å². The average Bonchev–Trinajstić information content (AvgIpc) is 2.45. The minimum absolute atomic E-state index is 0.0881.